The zero-order chi connectivity index (χ0) is 19.7. The average Bonchev–Trinajstić information content (AvgIpc) is 3.32. The third-order valence-corrected chi connectivity index (χ3v) is 4.43. The predicted molar refractivity (Wildman–Crippen MR) is 102 cm³/mol. The summed E-state index contributed by atoms with van der Waals surface area (Å²) in [7, 11) is 3.09. The lowest BCUT2D eigenvalue weighted by Crippen LogP contribution is -2.13. The average molecular weight is 379 g/mol. The lowest BCUT2D eigenvalue weighted by Gasteiger charge is -2.08. The van der Waals surface area contributed by atoms with E-state index in [0.717, 1.165) is 10.9 Å². The summed E-state index contributed by atoms with van der Waals surface area (Å²) in [5, 5.41) is 11.3. The highest BCUT2D eigenvalue weighted by molar-refractivity contribution is 6.07. The number of hydrogen-bond acceptors (Lipinski definition) is 7. The van der Waals surface area contributed by atoms with Gasteiger partial charge in [0.05, 0.1) is 14.2 Å². The highest BCUT2D eigenvalue weighted by atomic mass is 16.6. The zero-order valence-corrected chi connectivity index (χ0v) is 15.5. The van der Waals surface area contributed by atoms with Gasteiger partial charge in [-0.25, -0.2) is 4.63 Å². The van der Waals surface area contributed by atoms with Gasteiger partial charge in [-0.15, -0.1) is 0 Å². The summed E-state index contributed by atoms with van der Waals surface area (Å²) in [6, 6.07) is 12.7. The van der Waals surface area contributed by atoms with Crippen LogP contribution < -0.4 is 14.8 Å². The van der Waals surface area contributed by atoms with E-state index in [1.165, 1.54) is 7.11 Å². The maximum atomic E-state index is 12.8. The molecule has 0 saturated heterocycles. The summed E-state index contributed by atoms with van der Waals surface area (Å²) >= 11 is 0. The number of benzene rings is 2. The molecule has 0 aliphatic rings. The monoisotopic (exact) mass is 379 g/mol. The summed E-state index contributed by atoms with van der Waals surface area (Å²) in [6.07, 6.45) is 0. The molecule has 28 heavy (non-hydrogen) atoms. The predicted octanol–water partition coefficient (Wildman–Crippen LogP) is 4.06. The van der Waals surface area contributed by atoms with Crippen molar-refractivity contribution in [2.75, 3.05) is 19.5 Å². The normalized spacial score (nSPS) is 10.8. The Morgan fingerprint density at radius 2 is 1.82 bits per heavy atom. The molecule has 0 bridgehead atoms. The number of methoxy groups -OCH3 is 2. The number of para-hydroxylation sites is 1. The van der Waals surface area contributed by atoms with Crippen LogP contribution in [0.2, 0.25) is 0 Å². The third-order valence-electron chi connectivity index (χ3n) is 4.43. The number of hydrogen-bond donors (Lipinski definition) is 1. The molecule has 8 nitrogen and oxygen atoms in total. The summed E-state index contributed by atoms with van der Waals surface area (Å²) < 4.78 is 21.1. The molecule has 0 aliphatic heterocycles. The van der Waals surface area contributed by atoms with E-state index in [4.69, 9.17) is 18.5 Å². The fourth-order valence-corrected chi connectivity index (χ4v) is 3.00. The number of amides is 1. The van der Waals surface area contributed by atoms with Crippen molar-refractivity contribution in [3.8, 4) is 22.8 Å². The Bertz CT molecular complexity index is 1160. The number of fused-ring (bicyclic) bond motifs is 1. The lowest BCUT2D eigenvalue weighted by molar-refractivity contribution is 0.0997. The maximum Gasteiger partial charge on any atom is 0.292 e. The van der Waals surface area contributed by atoms with Gasteiger partial charge in [-0.05, 0) is 41.5 Å². The molecule has 2 heterocycles. The minimum absolute atomic E-state index is 0.178. The topological polar surface area (TPSA) is 99.6 Å². The second kappa shape index (κ2) is 7.07. The summed E-state index contributed by atoms with van der Waals surface area (Å²) in [6.45, 7) is 1.83. The van der Waals surface area contributed by atoms with Crippen molar-refractivity contribution in [2.24, 2.45) is 0 Å². The van der Waals surface area contributed by atoms with Crippen LogP contribution in [-0.4, -0.2) is 30.4 Å². The minimum Gasteiger partial charge on any atom is -0.493 e. The maximum absolute atomic E-state index is 12.8. The number of aryl methyl sites for hydroxylation is 1. The molecule has 8 heteroatoms. The van der Waals surface area contributed by atoms with Crippen LogP contribution in [0, 0.1) is 6.92 Å². The standard InChI is InChI=1S/C20H17N3O5/c1-11-13-6-4-5-7-14(13)27-18(11)20(24)21-19-17(22-28-23-19)12-8-9-15(25-2)16(10-12)26-3/h4-10H,1-3H3,(H,21,23,24). The van der Waals surface area contributed by atoms with Crippen molar-refractivity contribution < 1.29 is 23.3 Å². The van der Waals surface area contributed by atoms with Crippen molar-refractivity contribution in [1.82, 2.24) is 10.3 Å². The number of carbonyl (C=O) groups excluding carboxylic acids is 1. The van der Waals surface area contributed by atoms with E-state index in [9.17, 15) is 4.79 Å². The summed E-state index contributed by atoms with van der Waals surface area (Å²) in [5.41, 5.74) is 2.40. The molecule has 2 aromatic heterocycles. The molecular weight excluding hydrogens is 362 g/mol. The van der Waals surface area contributed by atoms with Crippen LogP contribution in [-0.2, 0) is 0 Å². The number of carbonyl (C=O) groups is 1. The van der Waals surface area contributed by atoms with E-state index in [1.807, 2.05) is 31.2 Å². The van der Waals surface area contributed by atoms with E-state index < -0.39 is 5.91 Å². The quantitative estimate of drug-likeness (QED) is 0.558. The van der Waals surface area contributed by atoms with Gasteiger partial charge in [-0.2, -0.15) is 0 Å². The highest BCUT2D eigenvalue weighted by Gasteiger charge is 2.22. The molecule has 0 aliphatic carbocycles. The van der Waals surface area contributed by atoms with E-state index in [0.29, 0.717) is 28.3 Å². The first kappa shape index (κ1) is 17.6. The van der Waals surface area contributed by atoms with Crippen LogP contribution in [0.5, 0.6) is 11.5 Å². The first-order valence-electron chi connectivity index (χ1n) is 8.46. The highest BCUT2D eigenvalue weighted by Crippen LogP contribution is 2.34. The van der Waals surface area contributed by atoms with Crippen LogP contribution in [0.25, 0.3) is 22.2 Å². The molecule has 0 saturated carbocycles. The Labute approximate surface area is 160 Å². The lowest BCUT2D eigenvalue weighted by atomic mass is 10.1. The van der Waals surface area contributed by atoms with Crippen LogP contribution in [0.3, 0.4) is 0 Å². The smallest absolute Gasteiger partial charge is 0.292 e. The Hall–Kier alpha value is -3.81. The van der Waals surface area contributed by atoms with Crippen LogP contribution >= 0.6 is 0 Å². The minimum atomic E-state index is -0.439. The number of rotatable bonds is 5. The largest absolute Gasteiger partial charge is 0.493 e. The Kier molecular flexibility index (Phi) is 4.44. The number of nitrogens with zero attached hydrogens (tertiary/aromatic N) is 2. The number of ether oxygens (including phenoxy) is 2. The van der Waals surface area contributed by atoms with Crippen LogP contribution in [0.15, 0.2) is 51.5 Å². The van der Waals surface area contributed by atoms with Crippen molar-refractivity contribution in [3.05, 3.63) is 53.8 Å². The summed E-state index contributed by atoms with van der Waals surface area (Å²) in [5.74, 6) is 1.05. The third kappa shape index (κ3) is 2.94. The van der Waals surface area contributed by atoms with Gasteiger partial charge in [0.2, 0.25) is 5.82 Å². The Balaban J connectivity index is 1.66. The second-order valence-corrected chi connectivity index (χ2v) is 6.04. The number of aromatic nitrogens is 2. The molecule has 1 N–H and O–H groups in total. The zero-order valence-electron chi connectivity index (χ0n) is 15.5. The van der Waals surface area contributed by atoms with Crippen LogP contribution in [0.1, 0.15) is 16.1 Å². The number of nitrogens with one attached hydrogen (secondary N) is 1. The molecule has 1 amide bonds. The molecule has 0 radical (unpaired) electrons. The summed E-state index contributed by atoms with van der Waals surface area (Å²) in [4.78, 5) is 12.8. The molecule has 4 rings (SSSR count). The van der Waals surface area contributed by atoms with Crippen molar-refractivity contribution in [1.29, 1.82) is 0 Å². The van der Waals surface area contributed by atoms with Crippen molar-refractivity contribution >= 4 is 22.7 Å². The van der Waals surface area contributed by atoms with Crippen LogP contribution in [0.4, 0.5) is 5.82 Å². The van der Waals surface area contributed by atoms with Crippen molar-refractivity contribution in [2.45, 2.75) is 6.92 Å². The van der Waals surface area contributed by atoms with E-state index >= 15 is 0 Å². The van der Waals surface area contributed by atoms with Gasteiger partial charge in [0.1, 0.15) is 5.58 Å². The van der Waals surface area contributed by atoms with Gasteiger partial charge in [0.25, 0.3) is 5.91 Å². The van der Waals surface area contributed by atoms with Gasteiger partial charge in [-0.1, -0.05) is 18.2 Å². The molecule has 4 aromatic rings. The van der Waals surface area contributed by atoms with Gasteiger partial charge < -0.3 is 13.9 Å². The molecule has 0 unspecified atom stereocenters. The van der Waals surface area contributed by atoms with Crippen molar-refractivity contribution in [3.63, 3.8) is 0 Å². The first-order valence-corrected chi connectivity index (χ1v) is 8.46. The molecule has 2 aromatic carbocycles. The molecule has 142 valence electrons. The molecular formula is C20H17N3O5. The van der Waals surface area contributed by atoms with Gasteiger partial charge in [0, 0.05) is 16.5 Å². The number of furan rings is 1. The first-order chi connectivity index (χ1) is 13.6. The SMILES string of the molecule is COc1ccc(-c2nonc2NC(=O)c2oc3ccccc3c2C)cc1OC. The van der Waals surface area contributed by atoms with Gasteiger partial charge in [-0.3, -0.25) is 10.1 Å². The van der Waals surface area contributed by atoms with E-state index in [2.05, 4.69) is 15.6 Å². The molecule has 0 fully saturated rings. The fourth-order valence-electron chi connectivity index (χ4n) is 3.00. The van der Waals surface area contributed by atoms with E-state index in [-0.39, 0.29) is 11.6 Å². The second-order valence-electron chi connectivity index (χ2n) is 6.04. The Morgan fingerprint density at radius 1 is 1.04 bits per heavy atom. The fraction of sp³-hybridized carbons (Fsp3) is 0.150. The van der Waals surface area contributed by atoms with Gasteiger partial charge >= 0.3 is 0 Å². The Morgan fingerprint density at radius 3 is 2.57 bits per heavy atom. The molecule has 0 spiro atoms. The number of anilines is 1. The van der Waals surface area contributed by atoms with Gasteiger partial charge in [0.15, 0.2) is 23.0 Å². The van der Waals surface area contributed by atoms with E-state index in [1.54, 1.807) is 25.3 Å². The molecule has 0 atom stereocenters.